The van der Waals surface area contributed by atoms with E-state index in [1.54, 1.807) is 0 Å². The Morgan fingerprint density at radius 2 is 2.06 bits per heavy atom. The van der Waals surface area contributed by atoms with E-state index in [1.165, 1.54) is 17.5 Å². The first kappa shape index (κ1) is 13.1. The molecule has 1 aromatic carbocycles. The van der Waals surface area contributed by atoms with Crippen LogP contribution in [0.4, 0.5) is 5.69 Å². The van der Waals surface area contributed by atoms with Crippen LogP contribution in [-0.2, 0) is 4.79 Å². The number of anilines is 1. The maximum Gasteiger partial charge on any atom is 0.224 e. The number of nitrogens with one attached hydrogen (secondary N) is 2. The monoisotopic (exact) mass is 246 g/mol. The molecule has 1 atom stereocenters. The summed E-state index contributed by atoms with van der Waals surface area (Å²) in [4.78, 5) is 12.0. The Labute approximate surface area is 109 Å². The summed E-state index contributed by atoms with van der Waals surface area (Å²) in [6, 6.07) is 6.15. The number of rotatable bonds is 3. The number of hydrogen-bond acceptors (Lipinski definition) is 2. The van der Waals surface area contributed by atoms with Crippen molar-refractivity contribution in [3.63, 3.8) is 0 Å². The van der Waals surface area contributed by atoms with Gasteiger partial charge in [-0.3, -0.25) is 4.79 Å². The van der Waals surface area contributed by atoms with Gasteiger partial charge in [-0.2, -0.15) is 0 Å². The molecule has 0 radical (unpaired) electrons. The fraction of sp³-hybridized carbons (Fsp3) is 0.533. The minimum absolute atomic E-state index is 0.133. The quantitative estimate of drug-likeness (QED) is 0.861. The highest BCUT2D eigenvalue weighted by Gasteiger charge is 2.16. The van der Waals surface area contributed by atoms with E-state index < -0.39 is 0 Å². The van der Waals surface area contributed by atoms with Crippen LogP contribution in [0.25, 0.3) is 0 Å². The molecule has 1 aliphatic heterocycles. The Balaban J connectivity index is 1.89. The summed E-state index contributed by atoms with van der Waals surface area (Å²) < 4.78 is 0. The molecule has 2 N–H and O–H groups in total. The first-order valence-corrected chi connectivity index (χ1v) is 6.72. The van der Waals surface area contributed by atoms with E-state index in [0.717, 1.165) is 25.2 Å². The van der Waals surface area contributed by atoms with Crippen LogP contribution < -0.4 is 10.6 Å². The third-order valence-electron chi connectivity index (χ3n) is 3.38. The van der Waals surface area contributed by atoms with Crippen LogP contribution in [-0.4, -0.2) is 19.0 Å². The van der Waals surface area contributed by atoms with Crippen LogP contribution in [0.15, 0.2) is 18.2 Å². The fourth-order valence-corrected chi connectivity index (χ4v) is 2.62. The molecule has 0 aromatic heterocycles. The molecular weight excluding hydrogens is 224 g/mol. The van der Waals surface area contributed by atoms with Crippen molar-refractivity contribution in [3.05, 3.63) is 29.3 Å². The largest absolute Gasteiger partial charge is 0.326 e. The molecule has 98 valence electrons. The number of aryl methyl sites for hydroxylation is 2. The number of amides is 1. The van der Waals surface area contributed by atoms with Gasteiger partial charge in [0, 0.05) is 12.1 Å². The Hall–Kier alpha value is -1.35. The molecule has 0 saturated carbocycles. The first-order valence-electron chi connectivity index (χ1n) is 6.72. The lowest BCUT2D eigenvalue weighted by molar-refractivity contribution is -0.117. The average Bonchev–Trinajstić information content (AvgIpc) is 2.28. The predicted octanol–water partition coefficient (Wildman–Crippen LogP) is 2.63. The smallest absolute Gasteiger partial charge is 0.224 e. The van der Waals surface area contributed by atoms with Crippen molar-refractivity contribution in [2.45, 2.75) is 33.1 Å². The maximum atomic E-state index is 12.0. The SMILES string of the molecule is Cc1cc(C)cc(NC(=O)CC2CCCNC2)c1. The fourth-order valence-electron chi connectivity index (χ4n) is 2.62. The lowest BCUT2D eigenvalue weighted by Crippen LogP contribution is -2.32. The van der Waals surface area contributed by atoms with Gasteiger partial charge < -0.3 is 10.6 Å². The van der Waals surface area contributed by atoms with Crippen molar-refractivity contribution in [2.24, 2.45) is 5.92 Å². The Morgan fingerprint density at radius 1 is 1.33 bits per heavy atom. The third kappa shape index (κ3) is 3.84. The molecule has 1 heterocycles. The van der Waals surface area contributed by atoms with Gasteiger partial charge in [0.25, 0.3) is 0 Å². The van der Waals surface area contributed by atoms with Crippen molar-refractivity contribution in [3.8, 4) is 0 Å². The zero-order valence-electron chi connectivity index (χ0n) is 11.3. The van der Waals surface area contributed by atoms with Gasteiger partial charge in [0.05, 0.1) is 0 Å². The summed E-state index contributed by atoms with van der Waals surface area (Å²) in [7, 11) is 0. The first-order chi connectivity index (χ1) is 8.63. The minimum Gasteiger partial charge on any atom is -0.326 e. The molecule has 1 aromatic rings. The molecule has 0 bridgehead atoms. The molecular formula is C15H22N2O. The molecule has 1 aliphatic rings. The highest BCUT2D eigenvalue weighted by atomic mass is 16.1. The maximum absolute atomic E-state index is 12.0. The second-order valence-corrected chi connectivity index (χ2v) is 5.34. The van der Waals surface area contributed by atoms with Crippen LogP contribution >= 0.6 is 0 Å². The standard InChI is InChI=1S/C15H22N2O/c1-11-6-12(2)8-14(7-11)17-15(18)9-13-4-3-5-16-10-13/h6-8,13,16H,3-5,9-10H2,1-2H3,(H,17,18). The predicted molar refractivity (Wildman–Crippen MR) is 74.8 cm³/mol. The van der Waals surface area contributed by atoms with E-state index in [1.807, 2.05) is 26.0 Å². The van der Waals surface area contributed by atoms with Crippen LogP contribution in [0.2, 0.25) is 0 Å². The number of benzene rings is 1. The van der Waals surface area contributed by atoms with Gasteiger partial charge in [0.15, 0.2) is 0 Å². The number of carbonyl (C=O) groups excluding carboxylic acids is 1. The van der Waals surface area contributed by atoms with Crippen LogP contribution in [0.1, 0.15) is 30.4 Å². The van der Waals surface area contributed by atoms with Gasteiger partial charge in [0.1, 0.15) is 0 Å². The van der Waals surface area contributed by atoms with Gasteiger partial charge in [-0.15, -0.1) is 0 Å². The highest BCUT2D eigenvalue weighted by molar-refractivity contribution is 5.91. The van der Waals surface area contributed by atoms with Crippen molar-refractivity contribution >= 4 is 11.6 Å². The lowest BCUT2D eigenvalue weighted by Gasteiger charge is -2.22. The van der Waals surface area contributed by atoms with Crippen molar-refractivity contribution in [1.82, 2.24) is 5.32 Å². The molecule has 3 heteroatoms. The summed E-state index contributed by atoms with van der Waals surface area (Å²) >= 11 is 0. The topological polar surface area (TPSA) is 41.1 Å². The lowest BCUT2D eigenvalue weighted by atomic mass is 9.96. The molecule has 1 saturated heterocycles. The molecule has 1 unspecified atom stereocenters. The molecule has 2 rings (SSSR count). The summed E-state index contributed by atoms with van der Waals surface area (Å²) in [5, 5.41) is 6.35. The summed E-state index contributed by atoms with van der Waals surface area (Å²) in [6.45, 7) is 6.16. The van der Waals surface area contributed by atoms with Crippen molar-refractivity contribution in [1.29, 1.82) is 0 Å². The summed E-state index contributed by atoms with van der Waals surface area (Å²) in [6.07, 6.45) is 2.97. The van der Waals surface area contributed by atoms with Gasteiger partial charge in [0.2, 0.25) is 5.91 Å². The molecule has 1 amide bonds. The zero-order chi connectivity index (χ0) is 13.0. The number of carbonyl (C=O) groups is 1. The number of hydrogen-bond donors (Lipinski definition) is 2. The summed E-state index contributed by atoms with van der Waals surface area (Å²) in [5.41, 5.74) is 3.29. The molecule has 3 nitrogen and oxygen atoms in total. The van der Waals surface area contributed by atoms with Gasteiger partial charge in [-0.25, -0.2) is 0 Å². The summed E-state index contributed by atoms with van der Waals surface area (Å²) in [5.74, 6) is 0.623. The van der Waals surface area contributed by atoms with Crippen molar-refractivity contribution in [2.75, 3.05) is 18.4 Å². The Morgan fingerprint density at radius 3 is 2.67 bits per heavy atom. The van der Waals surface area contributed by atoms with Crippen LogP contribution in [0.3, 0.4) is 0 Å². The third-order valence-corrected chi connectivity index (χ3v) is 3.38. The van der Waals surface area contributed by atoms with E-state index in [-0.39, 0.29) is 5.91 Å². The minimum atomic E-state index is 0.133. The van der Waals surface area contributed by atoms with Gasteiger partial charge in [-0.1, -0.05) is 6.07 Å². The Kier molecular flexibility index (Phi) is 4.37. The Bertz CT molecular complexity index is 402. The molecule has 1 fully saturated rings. The molecule has 0 spiro atoms. The second-order valence-electron chi connectivity index (χ2n) is 5.34. The second kappa shape index (κ2) is 6.01. The van der Waals surface area contributed by atoms with E-state index in [2.05, 4.69) is 16.7 Å². The van der Waals surface area contributed by atoms with E-state index >= 15 is 0 Å². The van der Waals surface area contributed by atoms with Crippen molar-refractivity contribution < 1.29 is 4.79 Å². The van der Waals surface area contributed by atoms with E-state index in [9.17, 15) is 4.79 Å². The van der Waals surface area contributed by atoms with E-state index in [0.29, 0.717) is 12.3 Å². The highest BCUT2D eigenvalue weighted by Crippen LogP contribution is 2.17. The van der Waals surface area contributed by atoms with Crippen LogP contribution in [0, 0.1) is 19.8 Å². The molecule has 0 aliphatic carbocycles. The van der Waals surface area contributed by atoms with Gasteiger partial charge >= 0.3 is 0 Å². The number of piperidine rings is 1. The van der Waals surface area contributed by atoms with Crippen LogP contribution in [0.5, 0.6) is 0 Å². The van der Waals surface area contributed by atoms with E-state index in [4.69, 9.17) is 0 Å². The average molecular weight is 246 g/mol. The van der Waals surface area contributed by atoms with Gasteiger partial charge in [-0.05, 0) is 69.0 Å². The molecule has 18 heavy (non-hydrogen) atoms. The zero-order valence-corrected chi connectivity index (χ0v) is 11.3. The normalized spacial score (nSPS) is 19.6.